The van der Waals surface area contributed by atoms with Crippen molar-refractivity contribution in [3.05, 3.63) is 29.3 Å². The minimum atomic E-state index is 0.411. The molecule has 1 heteroatoms. The number of phenols is 1. The van der Waals surface area contributed by atoms with Gasteiger partial charge in [-0.2, -0.15) is 0 Å². The van der Waals surface area contributed by atoms with E-state index >= 15 is 0 Å². The van der Waals surface area contributed by atoms with Gasteiger partial charge in [0.2, 0.25) is 0 Å². The fraction of sp³-hybridized carbons (Fsp3) is 0.455. The average molecular weight is 162 g/mol. The predicted octanol–water partition coefficient (Wildman–Crippen LogP) is 2.83. The van der Waals surface area contributed by atoms with E-state index in [0.717, 1.165) is 0 Å². The molecule has 0 fully saturated rings. The van der Waals surface area contributed by atoms with Crippen molar-refractivity contribution in [1.82, 2.24) is 0 Å². The summed E-state index contributed by atoms with van der Waals surface area (Å²) < 4.78 is 0. The van der Waals surface area contributed by atoms with Crippen molar-refractivity contribution in [2.75, 3.05) is 0 Å². The molecule has 0 saturated heterocycles. The summed E-state index contributed by atoms with van der Waals surface area (Å²) in [6.07, 6.45) is 3.64. The molecule has 1 aliphatic carbocycles. The lowest BCUT2D eigenvalue weighted by molar-refractivity contribution is 0.474. The van der Waals surface area contributed by atoms with Crippen molar-refractivity contribution in [2.45, 2.75) is 32.1 Å². The smallest absolute Gasteiger partial charge is 0.115 e. The number of hydrogen-bond acceptors (Lipinski definition) is 1. The highest BCUT2D eigenvalue weighted by molar-refractivity contribution is 5.40. The zero-order chi connectivity index (χ0) is 8.55. The number of hydrogen-bond donors (Lipinski definition) is 1. The van der Waals surface area contributed by atoms with Crippen LogP contribution in [0.15, 0.2) is 18.2 Å². The van der Waals surface area contributed by atoms with Gasteiger partial charge < -0.3 is 5.11 Å². The summed E-state index contributed by atoms with van der Waals surface area (Å²) in [6.45, 7) is 2.21. The molecule has 1 N–H and O–H groups in total. The SMILES string of the molecule is CCC1CCc2ccc(O)cc21. The highest BCUT2D eigenvalue weighted by atomic mass is 16.3. The maximum Gasteiger partial charge on any atom is 0.115 e. The summed E-state index contributed by atoms with van der Waals surface area (Å²) in [4.78, 5) is 0. The van der Waals surface area contributed by atoms with E-state index in [4.69, 9.17) is 0 Å². The maximum absolute atomic E-state index is 9.31. The van der Waals surface area contributed by atoms with Gasteiger partial charge in [0.25, 0.3) is 0 Å². The van der Waals surface area contributed by atoms with Crippen molar-refractivity contribution in [3.8, 4) is 5.75 Å². The fourth-order valence-electron chi connectivity index (χ4n) is 2.10. The number of rotatable bonds is 1. The Kier molecular flexibility index (Phi) is 1.80. The third-order valence-electron chi connectivity index (χ3n) is 2.82. The van der Waals surface area contributed by atoms with Crippen LogP contribution in [0.2, 0.25) is 0 Å². The van der Waals surface area contributed by atoms with Gasteiger partial charge in [-0.25, -0.2) is 0 Å². The lowest BCUT2D eigenvalue weighted by Crippen LogP contribution is -1.89. The van der Waals surface area contributed by atoms with Crippen molar-refractivity contribution >= 4 is 0 Å². The van der Waals surface area contributed by atoms with Crippen LogP contribution in [0.1, 0.15) is 36.8 Å². The number of aryl methyl sites for hydroxylation is 1. The Bertz CT molecular complexity index is 291. The molecule has 0 aliphatic heterocycles. The van der Waals surface area contributed by atoms with Crippen LogP contribution in [0.25, 0.3) is 0 Å². The Morgan fingerprint density at radius 3 is 3.08 bits per heavy atom. The molecule has 2 rings (SSSR count). The zero-order valence-electron chi connectivity index (χ0n) is 7.38. The quantitative estimate of drug-likeness (QED) is 0.673. The van der Waals surface area contributed by atoms with Gasteiger partial charge in [-0.15, -0.1) is 0 Å². The molecule has 0 spiro atoms. The largest absolute Gasteiger partial charge is 0.508 e. The van der Waals surface area contributed by atoms with Crippen LogP contribution in [0.5, 0.6) is 5.75 Å². The third kappa shape index (κ3) is 1.09. The van der Waals surface area contributed by atoms with E-state index in [-0.39, 0.29) is 0 Å². The molecule has 0 saturated carbocycles. The summed E-state index contributed by atoms with van der Waals surface area (Å²) in [7, 11) is 0. The molecule has 1 nitrogen and oxygen atoms in total. The molecule has 1 atom stereocenters. The van der Waals surface area contributed by atoms with E-state index in [1.54, 1.807) is 6.07 Å². The first-order chi connectivity index (χ1) is 5.81. The van der Waals surface area contributed by atoms with Gasteiger partial charge in [0.1, 0.15) is 5.75 Å². The Balaban J connectivity index is 2.42. The monoisotopic (exact) mass is 162 g/mol. The summed E-state index contributed by atoms with van der Waals surface area (Å²) in [5.74, 6) is 1.10. The second kappa shape index (κ2) is 2.81. The standard InChI is InChI=1S/C11H14O/c1-2-8-3-4-9-5-6-10(12)7-11(8)9/h5-8,12H,2-4H2,1H3. The van der Waals surface area contributed by atoms with E-state index in [1.165, 1.54) is 30.4 Å². The molecule has 0 radical (unpaired) electrons. The van der Waals surface area contributed by atoms with E-state index < -0.39 is 0 Å². The molecule has 1 aromatic carbocycles. The van der Waals surface area contributed by atoms with Crippen molar-refractivity contribution in [2.24, 2.45) is 0 Å². The van der Waals surface area contributed by atoms with E-state index in [0.29, 0.717) is 11.7 Å². The third-order valence-corrected chi connectivity index (χ3v) is 2.82. The van der Waals surface area contributed by atoms with Crippen LogP contribution in [0.4, 0.5) is 0 Å². The minimum absolute atomic E-state index is 0.411. The Labute approximate surface area is 73.0 Å². The first-order valence-corrected chi connectivity index (χ1v) is 4.63. The molecule has 0 aromatic heterocycles. The minimum Gasteiger partial charge on any atom is -0.508 e. The average Bonchev–Trinajstić information content (AvgIpc) is 2.46. The van der Waals surface area contributed by atoms with Crippen LogP contribution in [-0.4, -0.2) is 5.11 Å². The van der Waals surface area contributed by atoms with Crippen molar-refractivity contribution < 1.29 is 5.11 Å². The van der Waals surface area contributed by atoms with E-state index in [9.17, 15) is 5.11 Å². The normalized spacial score (nSPS) is 20.9. The number of benzene rings is 1. The van der Waals surface area contributed by atoms with Crippen molar-refractivity contribution in [1.29, 1.82) is 0 Å². The Hall–Kier alpha value is -0.980. The fourth-order valence-corrected chi connectivity index (χ4v) is 2.10. The van der Waals surface area contributed by atoms with Crippen LogP contribution in [0.3, 0.4) is 0 Å². The van der Waals surface area contributed by atoms with Gasteiger partial charge in [0.15, 0.2) is 0 Å². The molecule has 0 heterocycles. The molecular weight excluding hydrogens is 148 g/mol. The number of phenolic OH excluding ortho intramolecular Hbond substituents is 1. The molecule has 1 unspecified atom stereocenters. The molecule has 0 amide bonds. The van der Waals surface area contributed by atoms with E-state index in [2.05, 4.69) is 13.0 Å². The van der Waals surface area contributed by atoms with Gasteiger partial charge >= 0.3 is 0 Å². The molecule has 64 valence electrons. The topological polar surface area (TPSA) is 20.2 Å². The highest BCUT2D eigenvalue weighted by Crippen LogP contribution is 2.36. The van der Waals surface area contributed by atoms with Crippen LogP contribution < -0.4 is 0 Å². The van der Waals surface area contributed by atoms with E-state index in [1.807, 2.05) is 6.07 Å². The lowest BCUT2D eigenvalue weighted by atomic mass is 9.99. The second-order valence-electron chi connectivity index (χ2n) is 3.53. The first kappa shape index (κ1) is 7.66. The summed E-state index contributed by atoms with van der Waals surface area (Å²) in [5, 5.41) is 9.31. The van der Waals surface area contributed by atoms with Crippen molar-refractivity contribution in [3.63, 3.8) is 0 Å². The molecule has 0 bridgehead atoms. The summed E-state index contributed by atoms with van der Waals surface area (Å²) in [6, 6.07) is 5.77. The second-order valence-corrected chi connectivity index (χ2v) is 3.53. The molecule has 1 aromatic rings. The van der Waals surface area contributed by atoms with Gasteiger partial charge in [-0.1, -0.05) is 13.0 Å². The van der Waals surface area contributed by atoms with Crippen LogP contribution >= 0.6 is 0 Å². The summed E-state index contributed by atoms with van der Waals surface area (Å²) in [5.41, 5.74) is 2.80. The first-order valence-electron chi connectivity index (χ1n) is 4.63. The van der Waals surface area contributed by atoms with Crippen LogP contribution in [0, 0.1) is 0 Å². The maximum atomic E-state index is 9.31. The predicted molar refractivity (Wildman–Crippen MR) is 49.5 cm³/mol. The highest BCUT2D eigenvalue weighted by Gasteiger charge is 2.20. The van der Waals surface area contributed by atoms with Gasteiger partial charge in [-0.3, -0.25) is 0 Å². The lowest BCUT2D eigenvalue weighted by Gasteiger charge is -2.07. The zero-order valence-corrected chi connectivity index (χ0v) is 7.38. The number of aromatic hydroxyl groups is 1. The Morgan fingerprint density at radius 1 is 1.50 bits per heavy atom. The van der Waals surface area contributed by atoms with Gasteiger partial charge in [0, 0.05) is 0 Å². The molecule has 12 heavy (non-hydrogen) atoms. The molecular formula is C11H14O. The summed E-state index contributed by atoms with van der Waals surface area (Å²) >= 11 is 0. The van der Waals surface area contributed by atoms with Crippen LogP contribution in [-0.2, 0) is 6.42 Å². The molecule has 1 aliphatic rings. The van der Waals surface area contributed by atoms with Gasteiger partial charge in [-0.05, 0) is 48.4 Å². The number of fused-ring (bicyclic) bond motifs is 1. The Morgan fingerprint density at radius 2 is 2.33 bits per heavy atom. The van der Waals surface area contributed by atoms with Gasteiger partial charge in [0.05, 0.1) is 0 Å².